The number of halogens is 1. The third kappa shape index (κ3) is 11.2. The van der Waals surface area contributed by atoms with E-state index in [4.69, 9.17) is 22.3 Å². The third-order valence-corrected chi connectivity index (χ3v) is 10.9. The zero-order valence-electron chi connectivity index (χ0n) is 33.7. The Bertz CT molecular complexity index is 1990. The maximum Gasteiger partial charge on any atom is 0.0994 e. The van der Waals surface area contributed by atoms with Crippen molar-refractivity contribution in [1.82, 2.24) is 9.88 Å². The maximum atomic E-state index is 10.1. The van der Waals surface area contributed by atoms with Crippen molar-refractivity contribution in [3.8, 4) is 17.2 Å². The van der Waals surface area contributed by atoms with E-state index < -0.39 is 0 Å². The molecule has 284 valence electrons. The molecule has 4 aromatic rings. The summed E-state index contributed by atoms with van der Waals surface area (Å²) >= 11 is 7.12. The number of hydrogen-bond donors (Lipinski definition) is 2. The number of aromatic nitrogens is 1. The molecule has 1 fully saturated rings. The molecule has 1 atom stereocenters. The number of hydrogen-bond acceptors (Lipinski definition) is 5. The van der Waals surface area contributed by atoms with E-state index in [0.29, 0.717) is 23.9 Å². The maximum absolute atomic E-state index is 10.1. The summed E-state index contributed by atoms with van der Waals surface area (Å²) in [6, 6.07) is 21.4. The number of nitriles is 1. The quantitative estimate of drug-likeness (QED) is 0.126. The predicted molar refractivity (Wildman–Crippen MR) is 233 cm³/mol. The molecule has 3 aromatic carbocycles. The number of anilines is 1. The summed E-state index contributed by atoms with van der Waals surface area (Å²) in [4.78, 5) is 7.30. The lowest BCUT2D eigenvalue weighted by Crippen LogP contribution is -2.18. The molecule has 1 unspecified atom stereocenters. The van der Waals surface area contributed by atoms with Gasteiger partial charge in [-0.25, -0.2) is 0 Å². The van der Waals surface area contributed by atoms with Crippen LogP contribution in [0, 0.1) is 25.2 Å². The highest BCUT2D eigenvalue weighted by Crippen LogP contribution is 2.38. The highest BCUT2D eigenvalue weighted by Gasteiger charge is 2.18. The van der Waals surface area contributed by atoms with Gasteiger partial charge in [-0.3, -0.25) is 9.88 Å². The van der Waals surface area contributed by atoms with E-state index >= 15 is 0 Å². The van der Waals surface area contributed by atoms with Crippen LogP contribution in [0.1, 0.15) is 123 Å². The van der Waals surface area contributed by atoms with E-state index in [1.807, 2.05) is 31.3 Å². The average Bonchev–Trinajstić information content (AvgIpc) is 3.68. The first kappa shape index (κ1) is 42.1. The molecule has 2 heterocycles. The van der Waals surface area contributed by atoms with Crippen LogP contribution < -0.4 is 11.1 Å². The first-order valence-corrected chi connectivity index (χ1v) is 19.9. The lowest BCUT2D eigenvalue weighted by molar-refractivity contribution is 0.331. The topological polar surface area (TPSA) is 78.0 Å². The lowest BCUT2D eigenvalue weighted by Gasteiger charge is -2.19. The number of pyridine rings is 1. The Morgan fingerprint density at radius 2 is 1.80 bits per heavy atom. The number of allylic oxidation sites excluding steroid dienone is 3. The summed E-state index contributed by atoms with van der Waals surface area (Å²) in [5, 5.41) is 14.3. The number of nitrogens with one attached hydrogen (secondary N) is 1. The molecular weight excluding hydrogens is 682 g/mol. The van der Waals surface area contributed by atoms with Crippen molar-refractivity contribution in [3.05, 3.63) is 140 Å². The zero-order chi connectivity index (χ0) is 39.2. The van der Waals surface area contributed by atoms with Crippen molar-refractivity contribution in [2.75, 3.05) is 18.4 Å². The molecule has 5 nitrogen and oxygen atoms in total. The van der Waals surface area contributed by atoms with Gasteiger partial charge < -0.3 is 11.1 Å². The molecule has 1 saturated heterocycles. The lowest BCUT2D eigenvalue weighted by atomic mass is 9.88. The second-order valence-corrected chi connectivity index (χ2v) is 15.3. The van der Waals surface area contributed by atoms with Gasteiger partial charge in [0.25, 0.3) is 0 Å². The molecule has 3 N–H and O–H groups in total. The van der Waals surface area contributed by atoms with Crippen molar-refractivity contribution in [3.63, 3.8) is 0 Å². The molecule has 0 spiro atoms. The van der Waals surface area contributed by atoms with Crippen molar-refractivity contribution < 1.29 is 0 Å². The minimum atomic E-state index is 0.447. The Morgan fingerprint density at radius 3 is 2.46 bits per heavy atom. The number of benzene rings is 3. The molecule has 1 aromatic heterocycles. The van der Waals surface area contributed by atoms with Crippen LogP contribution in [0.15, 0.2) is 85.2 Å². The number of likely N-dealkylation sites (tertiary alicyclic amines) is 1. The molecule has 1 aliphatic heterocycles. The third-order valence-electron chi connectivity index (χ3n) is 10.5. The normalized spacial score (nSPS) is 13.2. The number of unbranched alkanes of at least 4 members (excludes halogenated alkanes) is 1. The Hall–Kier alpha value is -4.63. The number of nitrogens with zero attached hydrogens (tertiary/aromatic N) is 3. The molecule has 1 aliphatic rings. The Labute approximate surface area is 330 Å². The molecule has 0 aliphatic carbocycles. The first-order chi connectivity index (χ1) is 26.0. The van der Waals surface area contributed by atoms with E-state index in [1.165, 1.54) is 42.4 Å². The van der Waals surface area contributed by atoms with Gasteiger partial charge >= 0.3 is 0 Å². The van der Waals surface area contributed by atoms with Crippen LogP contribution in [0.3, 0.4) is 0 Å². The van der Waals surface area contributed by atoms with E-state index in [-0.39, 0.29) is 0 Å². The molecular formula is C48H60ClN5. The average molecular weight is 742 g/mol. The molecule has 0 saturated carbocycles. The van der Waals surface area contributed by atoms with E-state index in [1.54, 1.807) is 6.20 Å². The molecule has 0 radical (unpaired) electrons. The molecule has 5 rings (SSSR count). The molecule has 6 heteroatoms. The summed E-state index contributed by atoms with van der Waals surface area (Å²) in [6.45, 7) is 23.1. The molecule has 54 heavy (non-hydrogen) atoms. The minimum Gasteiger partial charge on any atom is -0.405 e. The largest absolute Gasteiger partial charge is 0.405 e. The van der Waals surface area contributed by atoms with Crippen LogP contribution >= 0.6 is 11.6 Å². The number of aryl methyl sites for hydroxylation is 1. The van der Waals surface area contributed by atoms with Gasteiger partial charge in [0, 0.05) is 18.3 Å². The smallest absolute Gasteiger partial charge is 0.0994 e. The van der Waals surface area contributed by atoms with Gasteiger partial charge in [-0.15, -0.1) is 0 Å². The second kappa shape index (κ2) is 20.7. The van der Waals surface area contributed by atoms with Crippen LogP contribution in [0.5, 0.6) is 0 Å². The summed E-state index contributed by atoms with van der Waals surface area (Å²) in [5.74, 6) is 0.447. The van der Waals surface area contributed by atoms with Gasteiger partial charge in [-0.1, -0.05) is 92.9 Å². The van der Waals surface area contributed by atoms with Gasteiger partial charge in [0.05, 0.1) is 34.6 Å². The van der Waals surface area contributed by atoms with E-state index in [2.05, 4.69) is 113 Å². The van der Waals surface area contributed by atoms with Crippen molar-refractivity contribution in [1.29, 1.82) is 5.26 Å². The highest BCUT2D eigenvalue weighted by atomic mass is 35.5. The standard InChI is InChI=1S/C43H50ClN5.C5H10/c1-6-7-12-29(2)36-24-34(17-18-45)42(47-26-36)27-48-41-16-11-15-39(43(41)44)38-14-10-13-37(32(38)5)31(4)22-40-30(3)21-33(23-35(40)25-46)28-49-19-8-9-20-49;1-4-5(2)3/h10-11,13-18,21,23-24,26,29,48H,4,6-9,12,19-20,22,27-28,45H2,1-3,5H3;4H,1-3H3/b18-17-;. The summed E-state index contributed by atoms with van der Waals surface area (Å²) in [6.07, 6.45) is 14.2. The highest BCUT2D eigenvalue weighted by molar-refractivity contribution is 6.36. The van der Waals surface area contributed by atoms with E-state index in [9.17, 15) is 5.26 Å². The fraction of sp³-hybridized carbons (Fsp3) is 0.375. The number of rotatable bonds is 14. The second-order valence-electron chi connectivity index (χ2n) is 14.9. The van der Waals surface area contributed by atoms with Crippen molar-refractivity contribution in [2.45, 2.75) is 106 Å². The van der Waals surface area contributed by atoms with Crippen LogP contribution in [0.25, 0.3) is 22.8 Å². The van der Waals surface area contributed by atoms with Gasteiger partial charge in [0.1, 0.15) is 0 Å². The SMILES string of the molecule is C=C(Cc1c(C)cc(CN2CCCC2)cc1C#N)c1cccc(-c2cccc(NCc3ncc(C(C)CCCC)cc3/C=C\N)c2Cl)c1C.CC=C(C)C. The summed E-state index contributed by atoms with van der Waals surface area (Å²) in [7, 11) is 0. The van der Waals surface area contributed by atoms with Gasteiger partial charge in [-0.05, 0) is 160 Å². The van der Waals surface area contributed by atoms with Gasteiger partial charge in [-0.2, -0.15) is 5.26 Å². The Kier molecular flexibility index (Phi) is 16.2. The van der Waals surface area contributed by atoms with Crippen molar-refractivity contribution in [2.24, 2.45) is 5.73 Å². The van der Waals surface area contributed by atoms with E-state index in [0.717, 1.165) is 87.5 Å². The predicted octanol–water partition coefficient (Wildman–Crippen LogP) is 12.5. The van der Waals surface area contributed by atoms with Crippen molar-refractivity contribution >= 4 is 28.9 Å². The first-order valence-electron chi connectivity index (χ1n) is 19.5. The molecule has 0 amide bonds. The fourth-order valence-corrected chi connectivity index (χ4v) is 7.35. The zero-order valence-corrected chi connectivity index (χ0v) is 34.4. The van der Waals surface area contributed by atoms with Gasteiger partial charge in [0.15, 0.2) is 0 Å². The monoisotopic (exact) mass is 741 g/mol. The Balaban J connectivity index is 0.00000122. The van der Waals surface area contributed by atoms with Crippen LogP contribution in [0.2, 0.25) is 5.02 Å². The van der Waals surface area contributed by atoms with Crippen LogP contribution in [-0.4, -0.2) is 23.0 Å². The van der Waals surface area contributed by atoms with Crippen LogP contribution in [0.4, 0.5) is 5.69 Å². The number of nitrogens with two attached hydrogens (primary N) is 1. The summed E-state index contributed by atoms with van der Waals surface area (Å²) < 4.78 is 0. The van der Waals surface area contributed by atoms with Gasteiger partial charge in [0.2, 0.25) is 0 Å². The Morgan fingerprint density at radius 1 is 1.09 bits per heavy atom. The van der Waals surface area contributed by atoms with Crippen LogP contribution in [-0.2, 0) is 19.5 Å². The summed E-state index contributed by atoms with van der Waals surface area (Å²) in [5.41, 5.74) is 20.5. The fourth-order valence-electron chi connectivity index (χ4n) is 7.06. The molecule has 0 bridgehead atoms. The minimum absolute atomic E-state index is 0.447.